The Kier molecular flexibility index (Phi) is 2.80. The predicted octanol–water partition coefficient (Wildman–Crippen LogP) is 3.27. The van der Waals surface area contributed by atoms with Crippen molar-refractivity contribution in [1.29, 1.82) is 0 Å². The Labute approximate surface area is 115 Å². The van der Waals surface area contributed by atoms with Gasteiger partial charge in [-0.1, -0.05) is 17.7 Å². The molecule has 0 fully saturated rings. The molecule has 0 spiro atoms. The third kappa shape index (κ3) is 1.90. The number of rotatable bonds is 2. The first-order chi connectivity index (χ1) is 9.20. The van der Waals surface area contributed by atoms with E-state index < -0.39 is 0 Å². The molecule has 0 aliphatic rings. The Bertz CT molecular complexity index is 734. The maximum atomic E-state index is 6.01. The van der Waals surface area contributed by atoms with Gasteiger partial charge in [0.1, 0.15) is 11.3 Å². The fourth-order valence-electron chi connectivity index (χ4n) is 2.12. The largest absolute Gasteiger partial charge is 0.494 e. The molecule has 96 valence electrons. The highest BCUT2D eigenvalue weighted by molar-refractivity contribution is 6.30. The van der Waals surface area contributed by atoms with Crippen LogP contribution in [-0.4, -0.2) is 16.7 Å². The second-order valence-corrected chi connectivity index (χ2v) is 4.55. The maximum absolute atomic E-state index is 6.01. The van der Waals surface area contributed by atoms with Crippen molar-refractivity contribution in [3.8, 4) is 11.4 Å². The molecule has 0 atom stereocenters. The van der Waals surface area contributed by atoms with Crippen LogP contribution in [0, 0.1) is 0 Å². The summed E-state index contributed by atoms with van der Waals surface area (Å²) in [4.78, 5) is 4.37. The standard InChI is InChI=1S/C14H12ClN3O/c1-19-12-4-2-3-11-13(12)17-14(16)18(11)10-7-5-9(15)6-8-10/h2-8H,1H3,(H2,16,17). The van der Waals surface area contributed by atoms with Crippen LogP contribution >= 0.6 is 11.6 Å². The van der Waals surface area contributed by atoms with Gasteiger partial charge in [-0.15, -0.1) is 0 Å². The fourth-order valence-corrected chi connectivity index (χ4v) is 2.24. The SMILES string of the molecule is COc1cccc2c1nc(N)n2-c1ccc(Cl)cc1. The summed E-state index contributed by atoms with van der Waals surface area (Å²) in [6, 6.07) is 13.2. The number of hydrogen-bond donors (Lipinski definition) is 1. The molecule has 0 radical (unpaired) electrons. The molecule has 1 aromatic heterocycles. The van der Waals surface area contributed by atoms with E-state index in [1.807, 2.05) is 47.0 Å². The summed E-state index contributed by atoms with van der Waals surface area (Å²) in [6.07, 6.45) is 0. The highest BCUT2D eigenvalue weighted by Gasteiger charge is 2.13. The number of hydrogen-bond acceptors (Lipinski definition) is 3. The topological polar surface area (TPSA) is 53.1 Å². The van der Waals surface area contributed by atoms with Gasteiger partial charge in [-0.05, 0) is 36.4 Å². The number of fused-ring (bicyclic) bond motifs is 1. The molecule has 0 amide bonds. The van der Waals surface area contributed by atoms with Gasteiger partial charge < -0.3 is 10.5 Å². The van der Waals surface area contributed by atoms with Crippen molar-refractivity contribution in [3.05, 3.63) is 47.5 Å². The van der Waals surface area contributed by atoms with Crippen molar-refractivity contribution < 1.29 is 4.74 Å². The van der Waals surface area contributed by atoms with Gasteiger partial charge in [0.2, 0.25) is 5.95 Å². The van der Waals surface area contributed by atoms with E-state index in [-0.39, 0.29) is 0 Å². The minimum absolute atomic E-state index is 0.418. The number of para-hydroxylation sites is 1. The average Bonchev–Trinajstić information content (AvgIpc) is 2.76. The summed E-state index contributed by atoms with van der Waals surface area (Å²) in [5, 5.41) is 0.685. The smallest absolute Gasteiger partial charge is 0.206 e. The first kappa shape index (κ1) is 11.9. The quantitative estimate of drug-likeness (QED) is 0.780. The van der Waals surface area contributed by atoms with Crippen LogP contribution < -0.4 is 10.5 Å². The number of aromatic nitrogens is 2. The maximum Gasteiger partial charge on any atom is 0.206 e. The molecular formula is C14H12ClN3O. The minimum atomic E-state index is 0.418. The number of ether oxygens (including phenoxy) is 1. The molecule has 3 aromatic rings. The van der Waals surface area contributed by atoms with E-state index in [1.165, 1.54) is 0 Å². The second-order valence-electron chi connectivity index (χ2n) is 4.11. The van der Waals surface area contributed by atoms with Crippen LogP contribution in [-0.2, 0) is 0 Å². The number of methoxy groups -OCH3 is 1. The van der Waals surface area contributed by atoms with E-state index in [1.54, 1.807) is 7.11 Å². The van der Waals surface area contributed by atoms with Crippen LogP contribution in [0.15, 0.2) is 42.5 Å². The zero-order valence-electron chi connectivity index (χ0n) is 10.3. The van der Waals surface area contributed by atoms with E-state index in [9.17, 15) is 0 Å². The van der Waals surface area contributed by atoms with Crippen LogP contribution in [0.25, 0.3) is 16.7 Å². The number of nitrogens with two attached hydrogens (primary N) is 1. The van der Waals surface area contributed by atoms with Gasteiger partial charge in [0.25, 0.3) is 0 Å². The zero-order chi connectivity index (χ0) is 13.4. The second kappa shape index (κ2) is 4.48. The Balaban J connectivity index is 2.29. The molecule has 0 aliphatic heterocycles. The first-order valence-corrected chi connectivity index (χ1v) is 6.15. The summed E-state index contributed by atoms with van der Waals surface area (Å²) < 4.78 is 7.17. The number of anilines is 1. The highest BCUT2D eigenvalue weighted by Crippen LogP contribution is 2.29. The van der Waals surface area contributed by atoms with E-state index in [4.69, 9.17) is 22.1 Å². The molecule has 3 rings (SSSR count). The van der Waals surface area contributed by atoms with Crippen molar-refractivity contribution in [2.45, 2.75) is 0 Å². The Morgan fingerprint density at radius 1 is 1.16 bits per heavy atom. The summed E-state index contributed by atoms with van der Waals surface area (Å²) >= 11 is 5.90. The zero-order valence-corrected chi connectivity index (χ0v) is 11.1. The van der Waals surface area contributed by atoms with Gasteiger partial charge >= 0.3 is 0 Å². The molecule has 0 aliphatic carbocycles. The van der Waals surface area contributed by atoms with Crippen LogP contribution in [0.5, 0.6) is 5.75 Å². The van der Waals surface area contributed by atoms with Crippen molar-refractivity contribution in [2.24, 2.45) is 0 Å². The molecule has 2 aromatic carbocycles. The molecule has 4 nitrogen and oxygen atoms in total. The molecule has 0 unspecified atom stereocenters. The summed E-state index contributed by atoms with van der Waals surface area (Å²) in [6.45, 7) is 0. The van der Waals surface area contributed by atoms with Gasteiger partial charge in [-0.25, -0.2) is 4.98 Å². The van der Waals surface area contributed by atoms with Crippen LogP contribution in [0.3, 0.4) is 0 Å². The molecule has 0 saturated heterocycles. The summed E-state index contributed by atoms with van der Waals surface area (Å²) in [5.74, 6) is 1.12. The minimum Gasteiger partial charge on any atom is -0.494 e. The lowest BCUT2D eigenvalue weighted by Crippen LogP contribution is -2.00. The number of halogens is 1. The summed E-state index contributed by atoms with van der Waals surface area (Å²) in [5.41, 5.74) is 8.57. The average molecular weight is 274 g/mol. The Hall–Kier alpha value is -2.20. The number of nitrogens with zero attached hydrogens (tertiary/aromatic N) is 2. The molecule has 2 N–H and O–H groups in total. The third-order valence-electron chi connectivity index (χ3n) is 2.98. The van der Waals surface area contributed by atoms with Crippen LogP contribution in [0.2, 0.25) is 5.02 Å². The van der Waals surface area contributed by atoms with Gasteiger partial charge in [-0.3, -0.25) is 4.57 Å². The van der Waals surface area contributed by atoms with Gasteiger partial charge in [0.15, 0.2) is 0 Å². The van der Waals surface area contributed by atoms with Gasteiger partial charge in [0.05, 0.1) is 12.6 Å². The Morgan fingerprint density at radius 3 is 2.58 bits per heavy atom. The number of nitrogen functional groups attached to an aromatic ring is 1. The molecule has 0 bridgehead atoms. The fraction of sp³-hybridized carbons (Fsp3) is 0.0714. The van der Waals surface area contributed by atoms with Crippen molar-refractivity contribution in [1.82, 2.24) is 9.55 Å². The molecular weight excluding hydrogens is 262 g/mol. The molecule has 1 heterocycles. The molecule has 5 heteroatoms. The van der Waals surface area contributed by atoms with Crippen LogP contribution in [0.4, 0.5) is 5.95 Å². The Morgan fingerprint density at radius 2 is 1.89 bits per heavy atom. The highest BCUT2D eigenvalue weighted by atomic mass is 35.5. The lowest BCUT2D eigenvalue weighted by atomic mass is 10.2. The van der Waals surface area contributed by atoms with Crippen LogP contribution in [0.1, 0.15) is 0 Å². The van der Waals surface area contributed by atoms with Gasteiger partial charge in [0, 0.05) is 10.7 Å². The predicted molar refractivity (Wildman–Crippen MR) is 77.0 cm³/mol. The number of benzene rings is 2. The van der Waals surface area contributed by atoms with E-state index >= 15 is 0 Å². The molecule has 19 heavy (non-hydrogen) atoms. The monoisotopic (exact) mass is 273 g/mol. The lowest BCUT2D eigenvalue weighted by Gasteiger charge is -2.06. The third-order valence-corrected chi connectivity index (χ3v) is 3.23. The first-order valence-electron chi connectivity index (χ1n) is 5.77. The molecule has 0 saturated carbocycles. The van der Waals surface area contributed by atoms with Crippen molar-refractivity contribution in [3.63, 3.8) is 0 Å². The van der Waals surface area contributed by atoms with Crippen molar-refractivity contribution >= 4 is 28.6 Å². The van der Waals surface area contributed by atoms with Gasteiger partial charge in [-0.2, -0.15) is 0 Å². The lowest BCUT2D eigenvalue weighted by molar-refractivity contribution is 0.419. The van der Waals surface area contributed by atoms with E-state index in [0.717, 1.165) is 16.7 Å². The summed E-state index contributed by atoms with van der Waals surface area (Å²) in [7, 11) is 1.62. The van der Waals surface area contributed by atoms with E-state index in [2.05, 4.69) is 4.98 Å². The van der Waals surface area contributed by atoms with Crippen molar-refractivity contribution in [2.75, 3.05) is 12.8 Å². The number of imidazole rings is 1. The normalized spacial score (nSPS) is 10.8. The van der Waals surface area contributed by atoms with E-state index in [0.29, 0.717) is 16.7 Å².